The predicted molar refractivity (Wildman–Crippen MR) is 117 cm³/mol. The first-order valence-corrected chi connectivity index (χ1v) is 10.4. The van der Waals surface area contributed by atoms with E-state index in [1.807, 2.05) is 19.9 Å². The maximum atomic E-state index is 12.6. The summed E-state index contributed by atoms with van der Waals surface area (Å²) in [5, 5.41) is 9.74. The average Bonchev–Trinajstić information content (AvgIpc) is 3.06. The zero-order valence-corrected chi connectivity index (χ0v) is 17.9. The summed E-state index contributed by atoms with van der Waals surface area (Å²) in [6.45, 7) is 6.62. The largest absolute Gasteiger partial charge is 0.355 e. The van der Waals surface area contributed by atoms with Gasteiger partial charge in [0, 0.05) is 24.8 Å². The van der Waals surface area contributed by atoms with Crippen molar-refractivity contribution in [3.8, 4) is 0 Å². The molecule has 0 saturated heterocycles. The van der Waals surface area contributed by atoms with E-state index in [0.717, 1.165) is 39.9 Å². The molecule has 152 valence electrons. The van der Waals surface area contributed by atoms with Crippen LogP contribution in [0.5, 0.6) is 0 Å². The number of hydrogen-bond acceptors (Lipinski definition) is 6. The highest BCUT2D eigenvalue weighted by atomic mass is 32.1. The first-order chi connectivity index (χ1) is 14.0. The first kappa shape index (κ1) is 20.7. The van der Waals surface area contributed by atoms with Crippen LogP contribution in [0.3, 0.4) is 0 Å². The third-order valence-electron chi connectivity index (χ3n) is 4.73. The molecule has 0 radical (unpaired) electrons. The van der Waals surface area contributed by atoms with Crippen LogP contribution >= 0.6 is 11.3 Å². The quantitative estimate of drug-likeness (QED) is 0.512. The van der Waals surface area contributed by atoms with E-state index < -0.39 is 0 Å². The van der Waals surface area contributed by atoms with E-state index in [-0.39, 0.29) is 11.8 Å². The number of anilines is 2. The number of aryl methyl sites for hydroxylation is 2. The van der Waals surface area contributed by atoms with E-state index in [9.17, 15) is 9.59 Å². The fraction of sp³-hybridized carbons (Fsp3) is 0.333. The summed E-state index contributed by atoms with van der Waals surface area (Å²) in [7, 11) is 1.60. The summed E-state index contributed by atoms with van der Waals surface area (Å²) in [4.78, 5) is 34.7. The summed E-state index contributed by atoms with van der Waals surface area (Å²) >= 11 is 1.36. The first-order valence-electron chi connectivity index (χ1n) is 9.58. The Kier molecular flexibility index (Phi) is 6.43. The minimum absolute atomic E-state index is 0.0808. The van der Waals surface area contributed by atoms with Gasteiger partial charge in [-0.15, -0.1) is 11.3 Å². The Morgan fingerprint density at radius 3 is 2.66 bits per heavy atom. The van der Waals surface area contributed by atoms with E-state index in [0.29, 0.717) is 22.8 Å². The highest BCUT2D eigenvalue weighted by molar-refractivity contribution is 7.20. The molecule has 0 atom stereocenters. The Hall–Kier alpha value is -3.00. The van der Waals surface area contributed by atoms with E-state index in [2.05, 4.69) is 32.8 Å². The number of hydrogen-bond donors (Lipinski definition) is 3. The van der Waals surface area contributed by atoms with E-state index in [1.54, 1.807) is 19.2 Å². The van der Waals surface area contributed by atoms with Gasteiger partial charge < -0.3 is 16.0 Å². The van der Waals surface area contributed by atoms with Crippen molar-refractivity contribution in [2.24, 2.45) is 0 Å². The topological polar surface area (TPSA) is 96.0 Å². The van der Waals surface area contributed by atoms with Crippen LogP contribution < -0.4 is 16.0 Å². The molecule has 29 heavy (non-hydrogen) atoms. The number of rotatable bonds is 7. The fourth-order valence-electron chi connectivity index (χ4n) is 3.01. The number of thiophene rings is 1. The maximum Gasteiger partial charge on any atom is 0.261 e. The van der Waals surface area contributed by atoms with Crippen LogP contribution in [0.25, 0.3) is 10.2 Å². The lowest BCUT2D eigenvalue weighted by Gasteiger charge is -2.12. The van der Waals surface area contributed by atoms with Gasteiger partial charge >= 0.3 is 0 Å². The van der Waals surface area contributed by atoms with Gasteiger partial charge in [0.05, 0.1) is 10.3 Å². The summed E-state index contributed by atoms with van der Waals surface area (Å²) in [5.41, 5.74) is 3.17. The normalized spacial score (nSPS) is 10.8. The lowest BCUT2D eigenvalue weighted by atomic mass is 10.1. The van der Waals surface area contributed by atoms with Crippen LogP contribution in [0, 0.1) is 13.8 Å². The van der Waals surface area contributed by atoms with Gasteiger partial charge in [0.15, 0.2) is 0 Å². The summed E-state index contributed by atoms with van der Waals surface area (Å²) in [5.74, 6) is 0.384. The average molecular weight is 412 g/mol. The standard InChI is InChI=1S/C21H25N5O2S/c1-5-6-9-23-20(28)17-13(3)16-18(24-11-25-21(16)29-17)26-15-10-14(19(27)22-4)8-7-12(15)2/h7-8,10-11H,5-6,9H2,1-4H3,(H,22,27)(H,23,28)(H,24,25,26). The molecule has 0 bridgehead atoms. The molecule has 0 aliphatic carbocycles. The second-order valence-corrected chi connectivity index (χ2v) is 7.80. The number of amides is 2. The molecular formula is C21H25N5O2S. The van der Waals surface area contributed by atoms with Crippen molar-refractivity contribution in [3.05, 3.63) is 46.1 Å². The zero-order valence-electron chi connectivity index (χ0n) is 17.0. The van der Waals surface area contributed by atoms with Gasteiger partial charge in [-0.3, -0.25) is 9.59 Å². The van der Waals surface area contributed by atoms with Crippen molar-refractivity contribution in [1.82, 2.24) is 20.6 Å². The Labute approximate surface area is 174 Å². The molecular weight excluding hydrogens is 386 g/mol. The smallest absolute Gasteiger partial charge is 0.261 e. The van der Waals surface area contributed by atoms with E-state index in [4.69, 9.17) is 0 Å². The summed E-state index contributed by atoms with van der Waals surface area (Å²) in [6, 6.07) is 5.46. The van der Waals surface area contributed by atoms with Crippen molar-refractivity contribution >= 4 is 44.9 Å². The number of aromatic nitrogens is 2. The molecule has 0 saturated carbocycles. The molecule has 2 amide bonds. The Bertz CT molecular complexity index is 1060. The number of nitrogens with zero attached hydrogens (tertiary/aromatic N) is 2. The zero-order chi connectivity index (χ0) is 21.0. The molecule has 2 aromatic heterocycles. The molecule has 7 nitrogen and oxygen atoms in total. The lowest BCUT2D eigenvalue weighted by molar-refractivity contribution is 0.0951. The number of carbonyl (C=O) groups excluding carboxylic acids is 2. The van der Waals surface area contributed by atoms with E-state index >= 15 is 0 Å². The highest BCUT2D eigenvalue weighted by Gasteiger charge is 2.19. The predicted octanol–water partition coefficient (Wildman–Crippen LogP) is 3.94. The van der Waals surface area contributed by atoms with Gasteiger partial charge in [0.2, 0.25) is 0 Å². The van der Waals surface area contributed by atoms with E-state index in [1.165, 1.54) is 17.7 Å². The molecule has 0 aliphatic heterocycles. The van der Waals surface area contributed by atoms with Gasteiger partial charge in [-0.2, -0.15) is 0 Å². The van der Waals surface area contributed by atoms with Gasteiger partial charge in [-0.1, -0.05) is 19.4 Å². The molecule has 3 rings (SSSR count). The Morgan fingerprint density at radius 2 is 1.93 bits per heavy atom. The number of unbranched alkanes of at least 4 members (excludes halogenated alkanes) is 1. The monoisotopic (exact) mass is 411 g/mol. The summed E-state index contributed by atoms with van der Waals surface area (Å²) < 4.78 is 0. The van der Waals surface area contributed by atoms with Crippen molar-refractivity contribution < 1.29 is 9.59 Å². The molecule has 0 aliphatic rings. The molecule has 0 fully saturated rings. The van der Waals surface area contributed by atoms with Crippen LogP contribution in [0.4, 0.5) is 11.5 Å². The molecule has 3 aromatic rings. The molecule has 8 heteroatoms. The van der Waals surface area contributed by atoms with Gasteiger partial charge in [0.1, 0.15) is 17.0 Å². The van der Waals surface area contributed by atoms with Crippen LogP contribution in [-0.4, -0.2) is 35.4 Å². The van der Waals surface area contributed by atoms with Gasteiger partial charge in [-0.05, 0) is 43.5 Å². The molecule has 3 N–H and O–H groups in total. The molecule has 1 aromatic carbocycles. The Balaban J connectivity index is 1.97. The Morgan fingerprint density at radius 1 is 1.14 bits per heavy atom. The SMILES string of the molecule is CCCCNC(=O)c1sc2ncnc(Nc3cc(C(=O)NC)ccc3C)c2c1C. The third kappa shape index (κ3) is 4.37. The number of fused-ring (bicyclic) bond motifs is 1. The molecule has 0 unspecified atom stereocenters. The minimum Gasteiger partial charge on any atom is -0.355 e. The van der Waals surface area contributed by atoms with Crippen LogP contribution in [0.15, 0.2) is 24.5 Å². The summed E-state index contributed by atoms with van der Waals surface area (Å²) in [6.07, 6.45) is 3.46. The van der Waals surface area contributed by atoms with Gasteiger partial charge in [0.25, 0.3) is 11.8 Å². The van der Waals surface area contributed by atoms with Gasteiger partial charge in [-0.25, -0.2) is 9.97 Å². The second-order valence-electron chi connectivity index (χ2n) is 6.80. The van der Waals surface area contributed by atoms with Crippen molar-refractivity contribution in [2.45, 2.75) is 33.6 Å². The van der Waals surface area contributed by atoms with Crippen LogP contribution in [-0.2, 0) is 0 Å². The molecule has 2 heterocycles. The highest BCUT2D eigenvalue weighted by Crippen LogP contribution is 2.35. The number of carbonyl (C=O) groups is 2. The van der Waals surface area contributed by atoms with Crippen molar-refractivity contribution in [2.75, 3.05) is 18.9 Å². The molecule has 0 spiro atoms. The lowest BCUT2D eigenvalue weighted by Crippen LogP contribution is -2.23. The van der Waals surface area contributed by atoms with Crippen molar-refractivity contribution in [1.29, 1.82) is 0 Å². The minimum atomic E-state index is -0.154. The maximum absolute atomic E-state index is 12.6. The van der Waals surface area contributed by atoms with Crippen LogP contribution in [0.1, 0.15) is 50.9 Å². The number of nitrogens with one attached hydrogen (secondary N) is 3. The van der Waals surface area contributed by atoms with Crippen molar-refractivity contribution in [3.63, 3.8) is 0 Å². The second kappa shape index (κ2) is 9.00. The fourth-order valence-corrected chi connectivity index (χ4v) is 4.08. The number of benzene rings is 1. The van der Waals surface area contributed by atoms with Crippen LogP contribution in [0.2, 0.25) is 0 Å². The third-order valence-corrected chi connectivity index (χ3v) is 5.93.